The molecule has 4 aromatic heterocycles. The minimum Gasteiger partial charge on any atom is -0.374 e. The number of hydrogen-bond donors (Lipinski definition) is 4. The molecule has 0 fully saturated rings. The molecule has 0 saturated carbocycles. The SMILES string of the molecule is C1=CC2N/C1=C(/c1ccncc1)c1ccc([nH]1)/C(c1ccccc1)=C1/C=CC(N1)/C(c1ccncc1)=c1/cc/c([nH]1)=C/2c1ccccc1. The van der Waals surface area contributed by atoms with Crippen LogP contribution in [0.15, 0.2) is 170 Å². The summed E-state index contributed by atoms with van der Waals surface area (Å²) in [7, 11) is 0. The van der Waals surface area contributed by atoms with Crippen molar-refractivity contribution in [1.82, 2.24) is 30.6 Å². The summed E-state index contributed by atoms with van der Waals surface area (Å²) in [6, 6.07) is 38.2. The molecule has 2 atom stereocenters. The molecule has 6 nitrogen and oxygen atoms in total. The van der Waals surface area contributed by atoms with Gasteiger partial charge in [0.05, 0.1) is 12.1 Å². The monoisotopic (exact) mass is 620 g/mol. The molecule has 7 heterocycles. The molecule has 0 amide bonds. The summed E-state index contributed by atoms with van der Waals surface area (Å²) in [5, 5.41) is 9.92. The molecule has 0 radical (unpaired) electrons. The first-order chi connectivity index (χ1) is 23.8. The van der Waals surface area contributed by atoms with Gasteiger partial charge in [0, 0.05) is 80.6 Å². The fourth-order valence-corrected chi connectivity index (χ4v) is 7.15. The molecular weight excluding hydrogens is 589 g/mol. The number of aromatic amines is 2. The number of hydrogen-bond acceptors (Lipinski definition) is 4. The third-order valence-corrected chi connectivity index (χ3v) is 9.29. The number of benzene rings is 2. The highest BCUT2D eigenvalue weighted by Crippen LogP contribution is 2.35. The zero-order valence-electron chi connectivity index (χ0n) is 26.1. The lowest BCUT2D eigenvalue weighted by molar-refractivity contribution is 0.849. The summed E-state index contributed by atoms with van der Waals surface area (Å²) in [6.07, 6.45) is 16.4. The van der Waals surface area contributed by atoms with Gasteiger partial charge in [-0.05, 0) is 82.9 Å². The molecular formula is C42H32N6. The lowest BCUT2D eigenvalue weighted by atomic mass is 9.98. The molecule has 0 aliphatic carbocycles. The Morgan fingerprint density at radius 2 is 0.854 bits per heavy atom. The average molecular weight is 621 g/mol. The van der Waals surface area contributed by atoms with E-state index in [9.17, 15) is 0 Å². The molecule has 8 bridgehead atoms. The number of nitrogens with one attached hydrogen (secondary N) is 4. The first-order valence-corrected chi connectivity index (χ1v) is 16.2. The van der Waals surface area contributed by atoms with Gasteiger partial charge in [0.15, 0.2) is 0 Å². The molecule has 48 heavy (non-hydrogen) atoms. The fourth-order valence-electron chi connectivity index (χ4n) is 7.15. The topological polar surface area (TPSA) is 81.4 Å². The molecule has 4 N–H and O–H groups in total. The zero-order valence-corrected chi connectivity index (χ0v) is 26.1. The maximum absolute atomic E-state index is 4.33. The van der Waals surface area contributed by atoms with Gasteiger partial charge >= 0.3 is 0 Å². The number of nitrogens with zero attached hydrogens (tertiary/aromatic N) is 2. The minimum absolute atomic E-state index is 0.0617. The van der Waals surface area contributed by atoms with Crippen LogP contribution in [-0.2, 0) is 0 Å². The van der Waals surface area contributed by atoms with Crippen LogP contribution in [0.1, 0.15) is 33.6 Å². The Morgan fingerprint density at radius 1 is 0.417 bits per heavy atom. The second-order valence-corrected chi connectivity index (χ2v) is 12.1. The van der Waals surface area contributed by atoms with Gasteiger partial charge in [-0.3, -0.25) is 9.97 Å². The van der Waals surface area contributed by atoms with Crippen molar-refractivity contribution in [2.24, 2.45) is 0 Å². The Hall–Kier alpha value is -6.40. The molecule has 2 aromatic carbocycles. The van der Waals surface area contributed by atoms with Crippen LogP contribution in [0.4, 0.5) is 0 Å². The number of aromatic nitrogens is 4. The van der Waals surface area contributed by atoms with Crippen LogP contribution >= 0.6 is 0 Å². The summed E-state index contributed by atoms with van der Waals surface area (Å²) in [5.74, 6) is 0. The van der Waals surface area contributed by atoms with Crippen molar-refractivity contribution in [2.45, 2.75) is 12.1 Å². The number of allylic oxidation sites excluding steroid dienone is 2. The third kappa shape index (κ3) is 4.91. The van der Waals surface area contributed by atoms with Crippen molar-refractivity contribution < 1.29 is 0 Å². The van der Waals surface area contributed by atoms with Crippen LogP contribution in [0.3, 0.4) is 0 Å². The molecule has 2 unspecified atom stereocenters. The Balaban J connectivity index is 1.36. The van der Waals surface area contributed by atoms with E-state index in [1.165, 1.54) is 5.57 Å². The smallest absolute Gasteiger partial charge is 0.0728 e. The van der Waals surface area contributed by atoms with Crippen molar-refractivity contribution in [3.05, 3.63) is 214 Å². The van der Waals surface area contributed by atoms with Gasteiger partial charge < -0.3 is 20.6 Å². The lowest BCUT2D eigenvalue weighted by Crippen LogP contribution is -2.31. The number of fused-ring (bicyclic) bond motifs is 8. The van der Waals surface area contributed by atoms with Gasteiger partial charge in [0.1, 0.15) is 0 Å². The normalized spacial score (nSPS) is 23.6. The Labute approximate surface area is 278 Å². The molecule has 230 valence electrons. The maximum Gasteiger partial charge on any atom is 0.0728 e. The molecule has 3 aliphatic heterocycles. The van der Waals surface area contributed by atoms with Gasteiger partial charge in [0.2, 0.25) is 0 Å². The highest BCUT2D eigenvalue weighted by atomic mass is 15.0. The predicted octanol–water partition coefficient (Wildman–Crippen LogP) is 5.82. The van der Waals surface area contributed by atoms with Gasteiger partial charge in [0.25, 0.3) is 0 Å². The molecule has 6 heteroatoms. The fraction of sp³-hybridized carbons (Fsp3) is 0.0476. The zero-order chi connectivity index (χ0) is 31.9. The van der Waals surface area contributed by atoms with Crippen LogP contribution in [0.5, 0.6) is 0 Å². The molecule has 0 spiro atoms. The van der Waals surface area contributed by atoms with Gasteiger partial charge in [-0.15, -0.1) is 0 Å². The first kappa shape index (κ1) is 27.9. The lowest BCUT2D eigenvalue weighted by Gasteiger charge is -2.19. The van der Waals surface area contributed by atoms with Crippen molar-refractivity contribution in [3.8, 4) is 0 Å². The molecule has 6 aromatic rings. The highest BCUT2D eigenvalue weighted by molar-refractivity contribution is 5.88. The number of H-pyrrole nitrogens is 2. The standard InChI is InChI=1S/C42H32N6/c1-3-7-27(8-4-1)39-31-11-15-35(45-31)41(29-19-23-43-24-20-29)37-17-13-33(47-37)40(28-9-5-2-6-10-28)34-14-18-38(48-34)42(30-21-25-44-26-22-30)36-16-12-32(39)46-36/h1-26,31,38,45-48H/b39-32-,40-34-,41-35-,42-36-. The minimum atomic E-state index is -0.0708. The van der Waals surface area contributed by atoms with Crippen LogP contribution in [-0.4, -0.2) is 32.0 Å². The van der Waals surface area contributed by atoms with Crippen LogP contribution in [0, 0.1) is 0 Å². The van der Waals surface area contributed by atoms with E-state index in [1.807, 2.05) is 24.8 Å². The van der Waals surface area contributed by atoms with Gasteiger partial charge in [-0.1, -0.05) is 72.8 Å². The van der Waals surface area contributed by atoms with E-state index in [-0.39, 0.29) is 12.1 Å². The van der Waals surface area contributed by atoms with E-state index in [0.29, 0.717) is 0 Å². The van der Waals surface area contributed by atoms with Crippen LogP contribution < -0.4 is 21.3 Å². The average Bonchev–Trinajstić information content (AvgIpc) is 3.98. The quantitative estimate of drug-likeness (QED) is 0.200. The van der Waals surface area contributed by atoms with E-state index < -0.39 is 0 Å². The van der Waals surface area contributed by atoms with Crippen LogP contribution in [0.2, 0.25) is 0 Å². The number of rotatable bonds is 4. The summed E-state index contributed by atoms with van der Waals surface area (Å²) < 4.78 is 0. The second kappa shape index (κ2) is 11.8. The van der Waals surface area contributed by atoms with Gasteiger partial charge in [-0.25, -0.2) is 0 Å². The van der Waals surface area contributed by atoms with E-state index >= 15 is 0 Å². The van der Waals surface area contributed by atoms with Crippen molar-refractivity contribution >= 4 is 22.3 Å². The largest absolute Gasteiger partial charge is 0.374 e. The third-order valence-electron chi connectivity index (χ3n) is 9.29. The molecule has 0 saturated heterocycles. The summed E-state index contributed by atoms with van der Waals surface area (Å²) in [6.45, 7) is 0. The van der Waals surface area contributed by atoms with E-state index in [1.54, 1.807) is 0 Å². The van der Waals surface area contributed by atoms with Crippen LogP contribution in [0.25, 0.3) is 22.3 Å². The Kier molecular flexibility index (Phi) is 6.82. The van der Waals surface area contributed by atoms with Crippen molar-refractivity contribution in [3.63, 3.8) is 0 Å². The first-order valence-electron chi connectivity index (χ1n) is 16.2. The van der Waals surface area contributed by atoms with E-state index in [2.05, 4.69) is 164 Å². The van der Waals surface area contributed by atoms with Crippen molar-refractivity contribution in [1.29, 1.82) is 0 Å². The Morgan fingerprint density at radius 3 is 1.38 bits per heavy atom. The molecule has 9 rings (SSSR count). The van der Waals surface area contributed by atoms with E-state index in [4.69, 9.17) is 0 Å². The summed E-state index contributed by atoms with van der Waals surface area (Å²) >= 11 is 0. The predicted molar refractivity (Wildman–Crippen MR) is 191 cm³/mol. The Bertz CT molecular complexity index is 2210. The van der Waals surface area contributed by atoms with Crippen molar-refractivity contribution in [2.75, 3.05) is 0 Å². The summed E-state index contributed by atoms with van der Waals surface area (Å²) in [5.41, 5.74) is 13.2. The second-order valence-electron chi connectivity index (χ2n) is 12.1. The molecule has 3 aliphatic rings. The summed E-state index contributed by atoms with van der Waals surface area (Å²) in [4.78, 5) is 16.3. The highest BCUT2D eigenvalue weighted by Gasteiger charge is 2.27. The number of pyridine rings is 2. The van der Waals surface area contributed by atoms with E-state index in [0.717, 1.165) is 72.5 Å². The van der Waals surface area contributed by atoms with Gasteiger partial charge in [-0.2, -0.15) is 0 Å². The maximum atomic E-state index is 4.33.